The maximum atomic E-state index is 2.19. The molecule has 70 valence electrons. The van der Waals surface area contributed by atoms with E-state index in [0.717, 1.165) is 0 Å². The van der Waals surface area contributed by atoms with Gasteiger partial charge in [0.1, 0.15) is 0 Å². The Morgan fingerprint density at radius 1 is 0.643 bits per heavy atom. The number of fused-ring (bicyclic) bond motifs is 3. The van der Waals surface area contributed by atoms with Crippen LogP contribution in [-0.2, 0) is 0 Å². The maximum absolute atomic E-state index is 2.19. The van der Waals surface area contributed by atoms with Crippen molar-refractivity contribution in [3.63, 3.8) is 0 Å². The minimum absolute atomic E-state index is 0. The van der Waals surface area contributed by atoms with Crippen LogP contribution in [0.2, 0.25) is 0 Å². The van der Waals surface area contributed by atoms with Gasteiger partial charge in [0.2, 0.25) is 0 Å². The summed E-state index contributed by atoms with van der Waals surface area (Å²) in [4.78, 5) is 0. The van der Waals surface area contributed by atoms with Crippen LogP contribution in [0.1, 0.15) is 0 Å². The van der Waals surface area contributed by atoms with Gasteiger partial charge in [-0.2, -0.15) is 0 Å². The molecule has 0 saturated heterocycles. The summed E-state index contributed by atoms with van der Waals surface area (Å²) < 4.78 is 2.76. The Balaban J connectivity index is 0.000000750. The molecular weight excluding hydrogens is 192 g/mol. The highest BCUT2D eigenvalue weighted by atomic mass is 32.1. The van der Waals surface area contributed by atoms with Crippen LogP contribution in [0, 0.1) is 0 Å². The lowest BCUT2D eigenvalue weighted by Crippen LogP contribution is -1.62. The summed E-state index contributed by atoms with van der Waals surface area (Å²) in [5.74, 6) is 0. The summed E-state index contributed by atoms with van der Waals surface area (Å²) in [5, 5.41) is 2.76. The SMILES string of the molecule is O.c1ccc2c(c1)sc1ccccc12. The Kier molecular flexibility index (Phi) is 2.23. The van der Waals surface area contributed by atoms with E-state index in [9.17, 15) is 0 Å². The molecule has 2 heteroatoms. The zero-order valence-corrected chi connectivity index (χ0v) is 8.34. The summed E-state index contributed by atoms with van der Waals surface area (Å²) in [6, 6.07) is 17.1. The molecule has 1 heterocycles. The Morgan fingerprint density at radius 3 is 1.57 bits per heavy atom. The smallest absolute Gasteiger partial charge is 0.0355 e. The standard InChI is InChI=1S/C12H8S.H2O/c1-3-7-11-9(5-1)10-6-2-4-8-12(10)13-11;/h1-8H;1H2. The molecule has 0 radical (unpaired) electrons. The first kappa shape index (κ1) is 9.19. The average molecular weight is 202 g/mol. The molecule has 1 aromatic heterocycles. The van der Waals surface area contributed by atoms with Crippen molar-refractivity contribution in [1.82, 2.24) is 0 Å². The van der Waals surface area contributed by atoms with E-state index >= 15 is 0 Å². The van der Waals surface area contributed by atoms with Crippen molar-refractivity contribution < 1.29 is 5.48 Å². The Bertz CT molecular complexity index is 518. The largest absolute Gasteiger partial charge is 0.412 e. The predicted octanol–water partition coefficient (Wildman–Crippen LogP) is 3.23. The summed E-state index contributed by atoms with van der Waals surface area (Å²) in [6.07, 6.45) is 0. The van der Waals surface area contributed by atoms with Gasteiger partial charge in [-0.1, -0.05) is 36.4 Å². The molecule has 2 N–H and O–H groups in total. The van der Waals surface area contributed by atoms with Crippen molar-refractivity contribution in [2.45, 2.75) is 0 Å². The van der Waals surface area contributed by atoms with E-state index in [1.807, 2.05) is 11.3 Å². The molecule has 0 aliphatic rings. The van der Waals surface area contributed by atoms with Gasteiger partial charge in [-0.25, -0.2) is 0 Å². The number of thiophene rings is 1. The van der Waals surface area contributed by atoms with Gasteiger partial charge < -0.3 is 5.48 Å². The molecule has 3 aromatic rings. The first-order valence-corrected chi connectivity index (χ1v) is 5.13. The molecule has 1 nitrogen and oxygen atoms in total. The monoisotopic (exact) mass is 202 g/mol. The summed E-state index contributed by atoms with van der Waals surface area (Å²) >= 11 is 1.86. The minimum atomic E-state index is 0. The van der Waals surface area contributed by atoms with Crippen LogP contribution >= 0.6 is 11.3 Å². The Labute approximate surface area is 85.9 Å². The molecular formula is C12H10OS. The lowest BCUT2D eigenvalue weighted by Gasteiger charge is -1.88. The fraction of sp³-hybridized carbons (Fsp3) is 0. The second kappa shape index (κ2) is 3.40. The second-order valence-corrected chi connectivity index (χ2v) is 4.18. The van der Waals surface area contributed by atoms with Crippen molar-refractivity contribution in [2.24, 2.45) is 0 Å². The minimum Gasteiger partial charge on any atom is -0.412 e. The predicted molar refractivity (Wildman–Crippen MR) is 62.9 cm³/mol. The van der Waals surface area contributed by atoms with E-state index in [-0.39, 0.29) is 5.48 Å². The third-order valence-corrected chi connectivity index (χ3v) is 3.44. The zero-order chi connectivity index (χ0) is 8.67. The van der Waals surface area contributed by atoms with Crippen LogP contribution in [0.5, 0.6) is 0 Å². The van der Waals surface area contributed by atoms with E-state index in [1.165, 1.54) is 20.2 Å². The van der Waals surface area contributed by atoms with Crippen LogP contribution in [-0.4, -0.2) is 5.48 Å². The third kappa shape index (κ3) is 1.20. The lowest BCUT2D eigenvalue weighted by atomic mass is 10.2. The number of benzene rings is 2. The van der Waals surface area contributed by atoms with Crippen molar-refractivity contribution in [2.75, 3.05) is 0 Å². The first-order chi connectivity index (χ1) is 6.45. The molecule has 3 rings (SSSR count). The fourth-order valence-electron chi connectivity index (χ4n) is 1.67. The quantitative estimate of drug-likeness (QED) is 0.536. The van der Waals surface area contributed by atoms with Crippen molar-refractivity contribution in [3.8, 4) is 0 Å². The van der Waals surface area contributed by atoms with Gasteiger partial charge in [0, 0.05) is 20.2 Å². The highest BCUT2D eigenvalue weighted by Crippen LogP contribution is 2.32. The molecule has 0 unspecified atom stereocenters. The van der Waals surface area contributed by atoms with Gasteiger partial charge in [0.25, 0.3) is 0 Å². The maximum Gasteiger partial charge on any atom is 0.0355 e. The van der Waals surface area contributed by atoms with Crippen molar-refractivity contribution >= 4 is 31.5 Å². The van der Waals surface area contributed by atoms with Crippen molar-refractivity contribution in [3.05, 3.63) is 48.5 Å². The normalized spacial score (nSPS) is 10.3. The molecule has 0 bridgehead atoms. The van der Waals surface area contributed by atoms with Gasteiger partial charge in [0.15, 0.2) is 0 Å². The average Bonchev–Trinajstić information content (AvgIpc) is 2.56. The number of hydrogen-bond acceptors (Lipinski definition) is 1. The molecule has 0 saturated carbocycles. The van der Waals surface area contributed by atoms with E-state index in [4.69, 9.17) is 0 Å². The van der Waals surface area contributed by atoms with Gasteiger partial charge >= 0.3 is 0 Å². The van der Waals surface area contributed by atoms with Crippen LogP contribution in [0.25, 0.3) is 20.2 Å². The fourth-order valence-corrected chi connectivity index (χ4v) is 2.78. The Hall–Kier alpha value is -1.38. The Morgan fingerprint density at radius 2 is 1.07 bits per heavy atom. The topological polar surface area (TPSA) is 31.5 Å². The van der Waals surface area contributed by atoms with E-state index in [0.29, 0.717) is 0 Å². The van der Waals surface area contributed by atoms with Crippen LogP contribution in [0.4, 0.5) is 0 Å². The van der Waals surface area contributed by atoms with Gasteiger partial charge in [0.05, 0.1) is 0 Å². The molecule has 0 fully saturated rings. The summed E-state index contributed by atoms with van der Waals surface area (Å²) in [7, 11) is 0. The van der Waals surface area contributed by atoms with E-state index in [1.54, 1.807) is 0 Å². The highest BCUT2D eigenvalue weighted by Gasteiger charge is 2.01. The first-order valence-electron chi connectivity index (χ1n) is 4.31. The van der Waals surface area contributed by atoms with Crippen LogP contribution < -0.4 is 0 Å². The zero-order valence-electron chi connectivity index (χ0n) is 7.53. The van der Waals surface area contributed by atoms with Gasteiger partial charge in [-0.3, -0.25) is 0 Å². The van der Waals surface area contributed by atoms with Crippen molar-refractivity contribution in [1.29, 1.82) is 0 Å². The molecule has 14 heavy (non-hydrogen) atoms. The van der Waals surface area contributed by atoms with E-state index < -0.39 is 0 Å². The number of rotatable bonds is 0. The molecule has 0 aliphatic carbocycles. The molecule has 0 atom stereocenters. The van der Waals surface area contributed by atoms with Crippen LogP contribution in [0.15, 0.2) is 48.5 Å². The molecule has 0 spiro atoms. The number of hydrogen-bond donors (Lipinski definition) is 0. The van der Waals surface area contributed by atoms with E-state index in [2.05, 4.69) is 48.5 Å². The molecule has 2 aromatic carbocycles. The second-order valence-electron chi connectivity index (χ2n) is 3.09. The van der Waals surface area contributed by atoms with Gasteiger partial charge in [-0.15, -0.1) is 11.3 Å². The van der Waals surface area contributed by atoms with Crippen LogP contribution in [0.3, 0.4) is 0 Å². The molecule has 0 amide bonds. The third-order valence-electron chi connectivity index (χ3n) is 2.28. The summed E-state index contributed by atoms with van der Waals surface area (Å²) in [6.45, 7) is 0. The molecule has 0 aliphatic heterocycles. The van der Waals surface area contributed by atoms with Gasteiger partial charge in [-0.05, 0) is 12.1 Å². The highest BCUT2D eigenvalue weighted by molar-refractivity contribution is 7.25. The summed E-state index contributed by atoms with van der Waals surface area (Å²) in [5.41, 5.74) is 0. The lowest BCUT2D eigenvalue weighted by molar-refractivity contribution is 0.824.